The summed E-state index contributed by atoms with van der Waals surface area (Å²) in [4.78, 5) is 11.1. The number of aromatic hydroxyl groups is 1. The molecule has 0 fully saturated rings. The van der Waals surface area contributed by atoms with E-state index in [4.69, 9.17) is 20.7 Å². The van der Waals surface area contributed by atoms with E-state index in [0.29, 0.717) is 17.9 Å². The molecule has 0 aliphatic rings. The Bertz CT molecular complexity index is 858. The summed E-state index contributed by atoms with van der Waals surface area (Å²) in [5.74, 6) is -0.634. The Labute approximate surface area is 164 Å². The molecule has 2 rings (SSSR count). The highest BCUT2D eigenvalue weighted by molar-refractivity contribution is 5.68. The molecule has 2 aromatic rings. The third-order valence-corrected chi connectivity index (χ3v) is 4.40. The second-order valence-corrected chi connectivity index (χ2v) is 6.61. The van der Waals surface area contributed by atoms with Crippen molar-refractivity contribution in [3.8, 4) is 11.5 Å². The van der Waals surface area contributed by atoms with Gasteiger partial charge in [0.1, 0.15) is 18.1 Å². The summed E-state index contributed by atoms with van der Waals surface area (Å²) in [5.41, 5.74) is 9.04. The molecule has 2 aromatic carbocycles. The molecule has 2 atom stereocenters. The SMILES string of the molecule is C=C(C)c1cc(COc2ccc(C(CC(=O)O)C(N)/C=C\O)cc2)ccc1O. The highest BCUT2D eigenvalue weighted by atomic mass is 16.5. The van der Waals surface area contributed by atoms with Gasteiger partial charge in [-0.05, 0) is 54.0 Å². The van der Waals surface area contributed by atoms with Crippen LogP contribution in [0.5, 0.6) is 11.5 Å². The topological polar surface area (TPSA) is 113 Å². The van der Waals surface area contributed by atoms with Crippen LogP contribution in [0.25, 0.3) is 5.57 Å². The van der Waals surface area contributed by atoms with Crippen LogP contribution in [0, 0.1) is 0 Å². The number of carboxylic acid groups (broad SMARTS) is 1. The summed E-state index contributed by atoms with van der Waals surface area (Å²) in [5, 5.41) is 27.9. The molecule has 0 saturated heterocycles. The first-order valence-corrected chi connectivity index (χ1v) is 8.80. The Morgan fingerprint density at radius 3 is 2.50 bits per heavy atom. The third-order valence-electron chi connectivity index (χ3n) is 4.40. The van der Waals surface area contributed by atoms with E-state index in [0.717, 1.165) is 23.0 Å². The standard InChI is InChI=1S/C22H25NO5/c1-14(2)18-11-15(3-8-21(18)25)13-28-17-6-4-16(5-7-17)19(12-22(26)27)20(23)9-10-24/h3-11,19-20,24-25H,1,12-13,23H2,2H3,(H,26,27)/b10-9-. The monoisotopic (exact) mass is 383 g/mol. The Hall–Kier alpha value is -3.25. The van der Waals surface area contributed by atoms with Crippen LogP contribution in [-0.2, 0) is 11.4 Å². The summed E-state index contributed by atoms with van der Waals surface area (Å²) in [6, 6.07) is 11.6. The largest absolute Gasteiger partial charge is 0.516 e. The molecule has 0 aliphatic heterocycles. The van der Waals surface area contributed by atoms with Gasteiger partial charge in [-0.1, -0.05) is 24.8 Å². The lowest BCUT2D eigenvalue weighted by Crippen LogP contribution is -2.28. The number of hydrogen-bond donors (Lipinski definition) is 4. The second kappa shape index (κ2) is 9.62. The van der Waals surface area contributed by atoms with Gasteiger partial charge in [-0.15, -0.1) is 0 Å². The summed E-state index contributed by atoms with van der Waals surface area (Å²) in [6.45, 7) is 5.98. The highest BCUT2D eigenvalue weighted by Gasteiger charge is 2.21. The number of hydrogen-bond acceptors (Lipinski definition) is 5. The molecule has 0 radical (unpaired) electrons. The number of aliphatic carboxylic acids is 1. The molecule has 0 amide bonds. The Kier molecular flexibility index (Phi) is 7.23. The van der Waals surface area contributed by atoms with Crippen molar-refractivity contribution in [1.82, 2.24) is 0 Å². The van der Waals surface area contributed by atoms with Crippen LogP contribution in [0.2, 0.25) is 0 Å². The van der Waals surface area contributed by atoms with Gasteiger partial charge in [0, 0.05) is 17.5 Å². The molecule has 6 nitrogen and oxygen atoms in total. The van der Waals surface area contributed by atoms with E-state index in [1.807, 2.05) is 13.0 Å². The van der Waals surface area contributed by atoms with Crippen molar-refractivity contribution in [2.24, 2.45) is 5.73 Å². The molecule has 0 aliphatic carbocycles. The maximum Gasteiger partial charge on any atom is 0.304 e. The molecule has 6 heteroatoms. The van der Waals surface area contributed by atoms with E-state index in [1.54, 1.807) is 36.4 Å². The van der Waals surface area contributed by atoms with Gasteiger partial charge in [0.05, 0.1) is 12.7 Å². The zero-order valence-corrected chi connectivity index (χ0v) is 15.7. The minimum Gasteiger partial charge on any atom is -0.516 e. The van der Waals surface area contributed by atoms with Crippen molar-refractivity contribution >= 4 is 11.5 Å². The third kappa shape index (κ3) is 5.62. The van der Waals surface area contributed by atoms with E-state index >= 15 is 0 Å². The lowest BCUT2D eigenvalue weighted by molar-refractivity contribution is -0.137. The maximum atomic E-state index is 11.1. The van der Waals surface area contributed by atoms with Crippen molar-refractivity contribution in [3.05, 3.63) is 78.1 Å². The number of phenolic OH excluding ortho intramolecular Hbond substituents is 1. The van der Waals surface area contributed by atoms with E-state index in [9.17, 15) is 9.90 Å². The number of allylic oxidation sites excluding steroid dienone is 1. The van der Waals surface area contributed by atoms with E-state index in [-0.39, 0.29) is 12.2 Å². The number of aliphatic hydroxyl groups is 1. The average molecular weight is 383 g/mol. The van der Waals surface area contributed by atoms with Crippen molar-refractivity contribution < 1.29 is 24.9 Å². The number of nitrogens with two attached hydrogens (primary N) is 1. The molecule has 0 heterocycles. The summed E-state index contributed by atoms with van der Waals surface area (Å²) >= 11 is 0. The van der Waals surface area contributed by atoms with Crippen molar-refractivity contribution in [2.45, 2.75) is 31.9 Å². The second-order valence-electron chi connectivity index (χ2n) is 6.61. The predicted octanol–water partition coefficient (Wildman–Crippen LogP) is 3.96. The fourth-order valence-electron chi connectivity index (χ4n) is 2.89. The van der Waals surface area contributed by atoms with Gasteiger partial charge in [0.15, 0.2) is 0 Å². The zero-order chi connectivity index (χ0) is 20.7. The number of phenols is 1. The van der Waals surface area contributed by atoms with Gasteiger partial charge in [-0.25, -0.2) is 0 Å². The van der Waals surface area contributed by atoms with Gasteiger partial charge in [-0.3, -0.25) is 4.79 Å². The molecule has 0 saturated carbocycles. The lowest BCUT2D eigenvalue weighted by Gasteiger charge is -2.20. The molecular formula is C22H25NO5. The van der Waals surface area contributed by atoms with Crippen LogP contribution >= 0.6 is 0 Å². The Morgan fingerprint density at radius 2 is 1.93 bits per heavy atom. The fraction of sp³-hybridized carbons (Fsp3) is 0.227. The summed E-state index contributed by atoms with van der Waals surface area (Å²) < 4.78 is 5.78. The van der Waals surface area contributed by atoms with Gasteiger partial charge in [0.2, 0.25) is 0 Å². The van der Waals surface area contributed by atoms with Crippen LogP contribution in [0.15, 0.2) is 61.4 Å². The molecule has 0 spiro atoms. The molecule has 28 heavy (non-hydrogen) atoms. The minimum atomic E-state index is -0.965. The summed E-state index contributed by atoms with van der Waals surface area (Å²) in [7, 11) is 0. The van der Waals surface area contributed by atoms with Gasteiger partial charge < -0.3 is 25.8 Å². The number of aliphatic hydroxyl groups excluding tert-OH is 1. The first-order valence-electron chi connectivity index (χ1n) is 8.80. The smallest absolute Gasteiger partial charge is 0.304 e. The van der Waals surface area contributed by atoms with Crippen LogP contribution < -0.4 is 10.5 Å². The Morgan fingerprint density at radius 1 is 1.25 bits per heavy atom. The zero-order valence-electron chi connectivity index (χ0n) is 15.7. The molecule has 0 bridgehead atoms. The van der Waals surface area contributed by atoms with Crippen LogP contribution in [0.1, 0.15) is 36.0 Å². The van der Waals surface area contributed by atoms with Crippen LogP contribution in [0.4, 0.5) is 0 Å². The van der Waals surface area contributed by atoms with E-state index in [2.05, 4.69) is 6.58 Å². The molecule has 2 unspecified atom stereocenters. The van der Waals surface area contributed by atoms with Crippen molar-refractivity contribution in [3.63, 3.8) is 0 Å². The Balaban J connectivity index is 2.10. The van der Waals surface area contributed by atoms with Crippen LogP contribution in [0.3, 0.4) is 0 Å². The molecular weight excluding hydrogens is 358 g/mol. The fourth-order valence-corrected chi connectivity index (χ4v) is 2.89. The molecule has 0 aromatic heterocycles. The number of benzene rings is 2. The normalized spacial score (nSPS) is 13.2. The van der Waals surface area contributed by atoms with Gasteiger partial charge in [-0.2, -0.15) is 0 Å². The van der Waals surface area contributed by atoms with Crippen molar-refractivity contribution in [2.75, 3.05) is 0 Å². The first kappa shape index (κ1) is 21.1. The number of ether oxygens (including phenoxy) is 1. The van der Waals surface area contributed by atoms with Crippen LogP contribution in [-0.4, -0.2) is 27.3 Å². The minimum absolute atomic E-state index is 0.150. The highest BCUT2D eigenvalue weighted by Crippen LogP contribution is 2.27. The van der Waals surface area contributed by atoms with E-state index in [1.165, 1.54) is 6.08 Å². The maximum absolute atomic E-state index is 11.1. The quantitative estimate of drug-likeness (QED) is 0.488. The number of rotatable bonds is 9. The van der Waals surface area contributed by atoms with E-state index < -0.39 is 17.9 Å². The number of carbonyl (C=O) groups is 1. The number of carboxylic acids is 1. The average Bonchev–Trinajstić information content (AvgIpc) is 2.65. The lowest BCUT2D eigenvalue weighted by atomic mass is 9.89. The van der Waals surface area contributed by atoms with Gasteiger partial charge >= 0.3 is 5.97 Å². The predicted molar refractivity (Wildman–Crippen MR) is 108 cm³/mol. The van der Waals surface area contributed by atoms with Gasteiger partial charge in [0.25, 0.3) is 0 Å². The van der Waals surface area contributed by atoms with Crippen molar-refractivity contribution in [1.29, 1.82) is 0 Å². The summed E-state index contributed by atoms with van der Waals surface area (Å²) in [6.07, 6.45) is 2.04. The first-order chi connectivity index (χ1) is 13.3. The molecule has 5 N–H and O–H groups in total. The molecule has 148 valence electrons.